The summed E-state index contributed by atoms with van der Waals surface area (Å²) in [7, 11) is 0. The number of nitrogens with two attached hydrogens (primary N) is 1. The van der Waals surface area contributed by atoms with Crippen molar-refractivity contribution in [1.82, 2.24) is 4.90 Å². The third kappa shape index (κ3) is 2.72. The van der Waals surface area contributed by atoms with E-state index < -0.39 is 0 Å². The first-order chi connectivity index (χ1) is 8.59. The molecule has 1 aliphatic rings. The second kappa shape index (κ2) is 5.53. The van der Waals surface area contributed by atoms with Crippen LogP contribution in [0.1, 0.15) is 25.8 Å². The van der Waals surface area contributed by atoms with Crippen molar-refractivity contribution in [1.29, 1.82) is 0 Å². The van der Waals surface area contributed by atoms with Gasteiger partial charge >= 0.3 is 0 Å². The molecule has 1 amide bonds. The Morgan fingerprint density at radius 2 is 2.11 bits per heavy atom. The highest BCUT2D eigenvalue weighted by Gasteiger charge is 2.34. The maximum absolute atomic E-state index is 12.0. The third-order valence-electron chi connectivity index (χ3n) is 3.93. The number of hydrogen-bond donors (Lipinski definition) is 1. The number of carbonyl (C=O) groups excluding carboxylic acids is 1. The molecule has 1 aromatic rings. The number of carbonyl (C=O) groups is 1. The summed E-state index contributed by atoms with van der Waals surface area (Å²) >= 11 is 0. The summed E-state index contributed by atoms with van der Waals surface area (Å²) in [5.41, 5.74) is 7.04. The van der Waals surface area contributed by atoms with Crippen LogP contribution in [0.25, 0.3) is 0 Å². The molecular weight excluding hydrogens is 224 g/mol. The first-order valence-corrected chi connectivity index (χ1v) is 6.69. The van der Waals surface area contributed by atoms with E-state index >= 15 is 0 Å². The molecular formula is C15H22N2O. The monoisotopic (exact) mass is 246 g/mol. The predicted molar refractivity (Wildman–Crippen MR) is 73.1 cm³/mol. The van der Waals surface area contributed by atoms with Crippen molar-refractivity contribution in [2.24, 2.45) is 11.7 Å². The van der Waals surface area contributed by atoms with E-state index in [1.807, 2.05) is 11.0 Å². The molecule has 1 aromatic carbocycles. The fourth-order valence-electron chi connectivity index (χ4n) is 2.77. The number of likely N-dealkylation sites (tertiary alicyclic amines) is 1. The van der Waals surface area contributed by atoms with Crippen LogP contribution >= 0.6 is 0 Å². The Balaban J connectivity index is 1.99. The van der Waals surface area contributed by atoms with Gasteiger partial charge in [0.15, 0.2) is 0 Å². The first kappa shape index (κ1) is 13.1. The quantitative estimate of drug-likeness (QED) is 0.884. The Hall–Kier alpha value is -1.35. The smallest absolute Gasteiger partial charge is 0.239 e. The molecule has 0 radical (unpaired) electrons. The maximum atomic E-state index is 12.0. The minimum atomic E-state index is -0.386. The minimum Gasteiger partial charge on any atom is -0.338 e. The minimum absolute atomic E-state index is 0.0815. The first-order valence-electron chi connectivity index (χ1n) is 6.69. The molecule has 3 unspecified atom stereocenters. The molecule has 98 valence electrons. The Labute approximate surface area is 109 Å². The summed E-state index contributed by atoms with van der Waals surface area (Å²) in [5.74, 6) is 0.633. The summed E-state index contributed by atoms with van der Waals surface area (Å²) in [5, 5.41) is 0. The fraction of sp³-hybridized carbons (Fsp3) is 0.533. The van der Waals surface area contributed by atoms with Gasteiger partial charge in [0.2, 0.25) is 5.91 Å². The molecule has 0 bridgehead atoms. The van der Waals surface area contributed by atoms with Gasteiger partial charge in [0.05, 0.1) is 6.04 Å². The van der Waals surface area contributed by atoms with Crippen LogP contribution in [0.2, 0.25) is 0 Å². The van der Waals surface area contributed by atoms with E-state index in [-0.39, 0.29) is 11.9 Å². The van der Waals surface area contributed by atoms with Crippen molar-refractivity contribution in [2.45, 2.75) is 38.8 Å². The summed E-state index contributed by atoms with van der Waals surface area (Å²) < 4.78 is 0. The van der Waals surface area contributed by atoms with Gasteiger partial charge in [-0.15, -0.1) is 0 Å². The van der Waals surface area contributed by atoms with E-state index in [0.29, 0.717) is 12.0 Å². The molecule has 0 aromatic heterocycles. The van der Waals surface area contributed by atoms with E-state index in [4.69, 9.17) is 5.73 Å². The Bertz CT molecular complexity index is 402. The van der Waals surface area contributed by atoms with Gasteiger partial charge in [-0.1, -0.05) is 30.3 Å². The summed E-state index contributed by atoms with van der Waals surface area (Å²) in [6.45, 7) is 4.75. The lowest BCUT2D eigenvalue weighted by Gasteiger charge is -2.26. The average Bonchev–Trinajstić information content (AvgIpc) is 2.71. The van der Waals surface area contributed by atoms with E-state index in [9.17, 15) is 4.79 Å². The van der Waals surface area contributed by atoms with Crippen molar-refractivity contribution in [2.75, 3.05) is 6.54 Å². The van der Waals surface area contributed by atoms with Gasteiger partial charge in [0.1, 0.15) is 0 Å². The van der Waals surface area contributed by atoms with Crippen molar-refractivity contribution in [3.05, 3.63) is 35.9 Å². The van der Waals surface area contributed by atoms with Crippen molar-refractivity contribution in [3.8, 4) is 0 Å². The normalized spacial score (nSPS) is 25.2. The van der Waals surface area contributed by atoms with Crippen molar-refractivity contribution in [3.63, 3.8) is 0 Å². The van der Waals surface area contributed by atoms with Gasteiger partial charge in [0.25, 0.3) is 0 Å². The molecule has 3 nitrogen and oxygen atoms in total. The molecule has 18 heavy (non-hydrogen) atoms. The highest BCUT2D eigenvalue weighted by Crippen LogP contribution is 2.27. The van der Waals surface area contributed by atoms with Gasteiger partial charge in [-0.2, -0.15) is 0 Å². The van der Waals surface area contributed by atoms with Crippen molar-refractivity contribution < 1.29 is 4.79 Å². The van der Waals surface area contributed by atoms with Crippen LogP contribution < -0.4 is 5.73 Å². The van der Waals surface area contributed by atoms with Crippen LogP contribution in [0.15, 0.2) is 30.3 Å². The molecule has 1 fully saturated rings. The van der Waals surface area contributed by atoms with E-state index in [1.165, 1.54) is 5.56 Å². The van der Waals surface area contributed by atoms with Gasteiger partial charge < -0.3 is 10.6 Å². The highest BCUT2D eigenvalue weighted by molar-refractivity contribution is 5.81. The molecule has 3 atom stereocenters. The molecule has 1 heterocycles. The number of hydrogen-bond acceptors (Lipinski definition) is 2. The highest BCUT2D eigenvalue weighted by atomic mass is 16.2. The maximum Gasteiger partial charge on any atom is 0.239 e. The summed E-state index contributed by atoms with van der Waals surface area (Å²) in [4.78, 5) is 13.9. The predicted octanol–water partition coefficient (Wildman–Crippen LogP) is 1.81. The van der Waals surface area contributed by atoms with Gasteiger partial charge in [0, 0.05) is 12.6 Å². The fourth-order valence-corrected chi connectivity index (χ4v) is 2.77. The number of rotatable bonds is 3. The lowest BCUT2D eigenvalue weighted by molar-refractivity contribution is -0.133. The molecule has 2 N–H and O–H groups in total. The lowest BCUT2D eigenvalue weighted by atomic mass is 9.93. The summed E-state index contributed by atoms with van der Waals surface area (Å²) in [6, 6.07) is 10.4. The topological polar surface area (TPSA) is 46.3 Å². The van der Waals surface area contributed by atoms with Crippen LogP contribution in [-0.4, -0.2) is 29.4 Å². The van der Waals surface area contributed by atoms with E-state index in [1.54, 1.807) is 6.92 Å². The van der Waals surface area contributed by atoms with Crippen LogP contribution in [0, 0.1) is 5.92 Å². The van der Waals surface area contributed by atoms with Crippen LogP contribution in [0.4, 0.5) is 0 Å². The molecule has 2 rings (SSSR count). The zero-order valence-electron chi connectivity index (χ0n) is 11.2. The van der Waals surface area contributed by atoms with E-state index in [2.05, 4.69) is 31.2 Å². The second-order valence-electron chi connectivity index (χ2n) is 5.30. The number of benzene rings is 1. The van der Waals surface area contributed by atoms with Crippen LogP contribution in [0.3, 0.4) is 0 Å². The Morgan fingerprint density at radius 1 is 1.44 bits per heavy atom. The zero-order valence-corrected chi connectivity index (χ0v) is 11.2. The SMILES string of the molecule is CC(N)C(=O)N1CCC(Cc2ccccc2)C1C. The Kier molecular flexibility index (Phi) is 4.02. The van der Waals surface area contributed by atoms with Gasteiger partial charge in [-0.05, 0) is 38.2 Å². The number of amides is 1. The average molecular weight is 246 g/mol. The third-order valence-corrected chi connectivity index (χ3v) is 3.93. The molecule has 3 heteroatoms. The van der Waals surface area contributed by atoms with Gasteiger partial charge in [-0.3, -0.25) is 4.79 Å². The number of nitrogens with zero attached hydrogens (tertiary/aromatic N) is 1. The zero-order chi connectivity index (χ0) is 13.1. The van der Waals surface area contributed by atoms with E-state index in [0.717, 1.165) is 19.4 Å². The van der Waals surface area contributed by atoms with Gasteiger partial charge in [-0.25, -0.2) is 0 Å². The molecule has 0 aliphatic carbocycles. The Morgan fingerprint density at radius 3 is 2.72 bits per heavy atom. The summed E-state index contributed by atoms with van der Waals surface area (Å²) in [6.07, 6.45) is 2.12. The molecule has 0 saturated carbocycles. The largest absolute Gasteiger partial charge is 0.338 e. The lowest BCUT2D eigenvalue weighted by Crippen LogP contribution is -2.44. The molecule has 1 saturated heterocycles. The van der Waals surface area contributed by atoms with Crippen LogP contribution in [0.5, 0.6) is 0 Å². The standard InChI is InChI=1S/C15H22N2O/c1-11(16)15(18)17-9-8-14(12(17)2)10-13-6-4-3-5-7-13/h3-7,11-12,14H,8-10,16H2,1-2H3. The second-order valence-corrected chi connectivity index (χ2v) is 5.30. The molecule has 0 spiro atoms. The van der Waals surface area contributed by atoms with Crippen LogP contribution in [-0.2, 0) is 11.2 Å². The molecule has 1 aliphatic heterocycles. The van der Waals surface area contributed by atoms with Crippen molar-refractivity contribution >= 4 is 5.91 Å².